The van der Waals surface area contributed by atoms with Crippen LogP contribution in [-0.2, 0) is 6.42 Å². The predicted molar refractivity (Wildman–Crippen MR) is 80.6 cm³/mol. The summed E-state index contributed by atoms with van der Waals surface area (Å²) in [5, 5.41) is 1.21. The Morgan fingerprint density at radius 1 is 1.26 bits per heavy atom. The van der Waals surface area contributed by atoms with Crippen molar-refractivity contribution in [2.75, 3.05) is 17.7 Å². The third kappa shape index (κ3) is 2.55. The molecule has 3 nitrogen and oxygen atoms in total. The lowest BCUT2D eigenvalue weighted by Crippen LogP contribution is -2.25. The molecule has 0 atom stereocenters. The van der Waals surface area contributed by atoms with E-state index >= 15 is 0 Å². The Labute approximate surface area is 122 Å². The summed E-state index contributed by atoms with van der Waals surface area (Å²) < 4.78 is 0. The second kappa shape index (κ2) is 5.39. The number of thioether (sulfide) groups is 1. The highest BCUT2D eigenvalue weighted by Gasteiger charge is 2.19. The Bertz CT molecular complexity index is 603. The van der Waals surface area contributed by atoms with Crippen LogP contribution in [0.5, 0.6) is 0 Å². The van der Waals surface area contributed by atoms with Crippen LogP contribution in [0.25, 0.3) is 0 Å². The number of aromatic nitrogens is 2. The van der Waals surface area contributed by atoms with Gasteiger partial charge in [0.15, 0.2) is 5.16 Å². The number of anilines is 2. The Morgan fingerprint density at radius 3 is 2.95 bits per heavy atom. The number of fused-ring (bicyclic) bond motifs is 1. The SMILES string of the molecule is CSc1nc(Cl)cc(N2CCCc3ccccc32)n1. The number of rotatable bonds is 2. The summed E-state index contributed by atoms with van der Waals surface area (Å²) in [6, 6.07) is 10.3. The minimum absolute atomic E-state index is 0.498. The van der Waals surface area contributed by atoms with E-state index < -0.39 is 0 Å². The molecule has 1 aliphatic heterocycles. The first-order chi connectivity index (χ1) is 9.28. The molecule has 1 aliphatic rings. The van der Waals surface area contributed by atoms with Gasteiger partial charge in [0, 0.05) is 18.3 Å². The van der Waals surface area contributed by atoms with Gasteiger partial charge in [-0.25, -0.2) is 9.97 Å². The second-order valence-corrected chi connectivity index (χ2v) is 5.58. The van der Waals surface area contributed by atoms with E-state index in [4.69, 9.17) is 11.6 Å². The molecule has 0 spiro atoms. The fourth-order valence-electron chi connectivity index (χ4n) is 2.39. The molecule has 3 rings (SSSR count). The number of hydrogen-bond acceptors (Lipinski definition) is 4. The molecule has 5 heteroatoms. The quantitative estimate of drug-likeness (QED) is 0.476. The van der Waals surface area contributed by atoms with Gasteiger partial charge < -0.3 is 4.90 Å². The van der Waals surface area contributed by atoms with Crippen LogP contribution >= 0.6 is 23.4 Å². The Balaban J connectivity index is 2.06. The minimum Gasteiger partial charge on any atom is -0.326 e. The molecular formula is C14H14ClN3S. The van der Waals surface area contributed by atoms with E-state index in [0.717, 1.165) is 25.2 Å². The van der Waals surface area contributed by atoms with Gasteiger partial charge in [-0.2, -0.15) is 0 Å². The minimum atomic E-state index is 0.498. The zero-order valence-electron chi connectivity index (χ0n) is 10.6. The van der Waals surface area contributed by atoms with Gasteiger partial charge >= 0.3 is 0 Å². The summed E-state index contributed by atoms with van der Waals surface area (Å²) in [4.78, 5) is 11.0. The van der Waals surface area contributed by atoms with Crippen molar-refractivity contribution in [2.45, 2.75) is 18.0 Å². The van der Waals surface area contributed by atoms with E-state index in [2.05, 4.69) is 39.1 Å². The molecular weight excluding hydrogens is 278 g/mol. The largest absolute Gasteiger partial charge is 0.326 e. The van der Waals surface area contributed by atoms with Crippen LogP contribution in [0.15, 0.2) is 35.5 Å². The first kappa shape index (κ1) is 12.8. The Morgan fingerprint density at radius 2 is 2.11 bits per heavy atom. The Kier molecular flexibility index (Phi) is 3.62. The van der Waals surface area contributed by atoms with Crippen molar-refractivity contribution < 1.29 is 0 Å². The fourth-order valence-corrected chi connectivity index (χ4v) is 2.99. The molecule has 0 saturated heterocycles. The number of halogens is 1. The molecule has 0 aliphatic carbocycles. The summed E-state index contributed by atoms with van der Waals surface area (Å²) in [6.45, 7) is 0.970. The molecule has 0 fully saturated rings. The van der Waals surface area contributed by atoms with E-state index in [1.807, 2.05) is 12.3 Å². The summed E-state index contributed by atoms with van der Waals surface area (Å²) in [5.41, 5.74) is 2.60. The maximum atomic E-state index is 6.08. The van der Waals surface area contributed by atoms with Gasteiger partial charge in [0.05, 0.1) is 0 Å². The highest BCUT2D eigenvalue weighted by molar-refractivity contribution is 7.98. The first-order valence-electron chi connectivity index (χ1n) is 6.22. The van der Waals surface area contributed by atoms with Gasteiger partial charge in [-0.05, 0) is 30.7 Å². The monoisotopic (exact) mass is 291 g/mol. The van der Waals surface area contributed by atoms with Crippen LogP contribution in [0.2, 0.25) is 5.15 Å². The molecule has 2 heterocycles. The third-order valence-corrected chi connectivity index (χ3v) is 3.97. The number of para-hydroxylation sites is 1. The zero-order valence-corrected chi connectivity index (χ0v) is 12.2. The standard InChI is InChI=1S/C14H14ClN3S/c1-19-14-16-12(15)9-13(17-14)18-8-4-6-10-5-2-3-7-11(10)18/h2-3,5,7,9H,4,6,8H2,1H3. The van der Waals surface area contributed by atoms with Crippen LogP contribution in [0.1, 0.15) is 12.0 Å². The lowest BCUT2D eigenvalue weighted by atomic mass is 10.0. The molecule has 0 amide bonds. The molecule has 0 saturated carbocycles. The van der Waals surface area contributed by atoms with E-state index in [9.17, 15) is 0 Å². The maximum absolute atomic E-state index is 6.08. The number of benzene rings is 1. The molecule has 1 aromatic carbocycles. The van der Waals surface area contributed by atoms with Gasteiger partial charge in [0.25, 0.3) is 0 Å². The van der Waals surface area contributed by atoms with Gasteiger partial charge in [0.1, 0.15) is 11.0 Å². The maximum Gasteiger partial charge on any atom is 0.190 e. The first-order valence-corrected chi connectivity index (χ1v) is 7.82. The molecule has 1 aromatic heterocycles. The number of nitrogens with zero attached hydrogens (tertiary/aromatic N) is 3. The molecule has 0 bridgehead atoms. The third-order valence-electron chi connectivity index (χ3n) is 3.23. The smallest absolute Gasteiger partial charge is 0.190 e. The van der Waals surface area contributed by atoms with Crippen LogP contribution in [-0.4, -0.2) is 22.8 Å². The van der Waals surface area contributed by atoms with Crippen molar-refractivity contribution in [1.82, 2.24) is 9.97 Å². The molecule has 19 heavy (non-hydrogen) atoms. The van der Waals surface area contributed by atoms with Crippen LogP contribution in [0.4, 0.5) is 11.5 Å². The number of hydrogen-bond donors (Lipinski definition) is 0. The van der Waals surface area contributed by atoms with Crippen molar-refractivity contribution in [3.63, 3.8) is 0 Å². The second-order valence-electron chi connectivity index (χ2n) is 4.42. The van der Waals surface area contributed by atoms with E-state index in [-0.39, 0.29) is 0 Å². The van der Waals surface area contributed by atoms with E-state index in [1.165, 1.54) is 23.0 Å². The van der Waals surface area contributed by atoms with Crippen molar-refractivity contribution in [1.29, 1.82) is 0 Å². The fraction of sp³-hybridized carbons (Fsp3) is 0.286. The van der Waals surface area contributed by atoms with Gasteiger partial charge in [0.2, 0.25) is 0 Å². The molecule has 0 unspecified atom stereocenters. The summed E-state index contributed by atoms with van der Waals surface area (Å²) in [5.74, 6) is 0.886. The summed E-state index contributed by atoms with van der Waals surface area (Å²) >= 11 is 7.59. The van der Waals surface area contributed by atoms with Crippen LogP contribution in [0, 0.1) is 0 Å². The molecule has 2 aromatic rings. The zero-order chi connectivity index (χ0) is 13.2. The lowest BCUT2D eigenvalue weighted by Gasteiger charge is -2.30. The normalized spacial score (nSPS) is 14.3. The predicted octanol–water partition coefficient (Wildman–Crippen LogP) is 3.94. The summed E-state index contributed by atoms with van der Waals surface area (Å²) in [7, 11) is 0. The highest BCUT2D eigenvalue weighted by atomic mass is 35.5. The van der Waals surface area contributed by atoms with Crippen molar-refractivity contribution in [3.05, 3.63) is 41.0 Å². The van der Waals surface area contributed by atoms with E-state index in [0.29, 0.717) is 10.3 Å². The molecule has 0 N–H and O–H groups in total. The topological polar surface area (TPSA) is 29.0 Å². The average molecular weight is 292 g/mol. The molecule has 0 radical (unpaired) electrons. The highest BCUT2D eigenvalue weighted by Crippen LogP contribution is 2.33. The van der Waals surface area contributed by atoms with Crippen molar-refractivity contribution in [2.24, 2.45) is 0 Å². The van der Waals surface area contributed by atoms with Gasteiger partial charge in [-0.1, -0.05) is 41.6 Å². The lowest BCUT2D eigenvalue weighted by molar-refractivity contribution is 0.752. The van der Waals surface area contributed by atoms with E-state index in [1.54, 1.807) is 0 Å². The summed E-state index contributed by atoms with van der Waals surface area (Å²) in [6.07, 6.45) is 4.22. The van der Waals surface area contributed by atoms with Crippen molar-refractivity contribution >= 4 is 34.9 Å². The van der Waals surface area contributed by atoms with Crippen LogP contribution in [0.3, 0.4) is 0 Å². The van der Waals surface area contributed by atoms with Crippen LogP contribution < -0.4 is 4.90 Å². The van der Waals surface area contributed by atoms with Crippen molar-refractivity contribution in [3.8, 4) is 0 Å². The Hall–Kier alpha value is -1.26. The molecule has 98 valence electrons. The average Bonchev–Trinajstić information content (AvgIpc) is 2.46. The van der Waals surface area contributed by atoms with Gasteiger partial charge in [-0.15, -0.1) is 0 Å². The number of aryl methyl sites for hydroxylation is 1. The van der Waals surface area contributed by atoms with Gasteiger partial charge in [-0.3, -0.25) is 0 Å².